The molecule has 0 aliphatic heterocycles. The summed E-state index contributed by atoms with van der Waals surface area (Å²) in [6.07, 6.45) is 1.37. The lowest BCUT2D eigenvalue weighted by atomic mass is 9.96. The lowest BCUT2D eigenvalue weighted by molar-refractivity contribution is -0.149. The van der Waals surface area contributed by atoms with E-state index in [1.165, 1.54) is 14.2 Å². The molecule has 0 amide bonds. The molecule has 0 aromatic carbocycles. The van der Waals surface area contributed by atoms with Gasteiger partial charge in [0.25, 0.3) is 0 Å². The molecule has 3 N–H and O–H groups in total. The summed E-state index contributed by atoms with van der Waals surface area (Å²) in [7, 11) is 2.68. The Balaban J connectivity index is 4.44. The molecule has 0 aliphatic carbocycles. The van der Waals surface area contributed by atoms with Crippen LogP contribution in [0.4, 0.5) is 0 Å². The molecule has 0 rings (SSSR count). The molecule has 8 heteroatoms. The maximum Gasteiger partial charge on any atom is 0.360 e. The lowest BCUT2D eigenvalue weighted by Crippen LogP contribution is -2.52. The van der Waals surface area contributed by atoms with E-state index in [2.05, 4.69) is 20.0 Å². The van der Waals surface area contributed by atoms with E-state index in [0.29, 0.717) is 6.42 Å². The van der Waals surface area contributed by atoms with E-state index >= 15 is 0 Å². The summed E-state index contributed by atoms with van der Waals surface area (Å²) in [6.45, 7) is 3.55. The van der Waals surface area contributed by atoms with Crippen molar-refractivity contribution in [2.24, 2.45) is 10.9 Å². The van der Waals surface area contributed by atoms with Gasteiger partial charge in [0.1, 0.15) is 12.1 Å². The molecular formula is C12H23N3O5. The van der Waals surface area contributed by atoms with Gasteiger partial charge in [0.2, 0.25) is 0 Å². The van der Waals surface area contributed by atoms with Gasteiger partial charge in [-0.3, -0.25) is 10.1 Å². The summed E-state index contributed by atoms with van der Waals surface area (Å²) >= 11 is 0. The number of hydrogen-bond donors (Lipinski definition) is 2. The Labute approximate surface area is 118 Å². The molecule has 0 saturated heterocycles. The zero-order chi connectivity index (χ0) is 15.6. The number of nitrogens with zero attached hydrogens (tertiary/aromatic N) is 1. The number of nitrogens with one attached hydrogen (secondary N) is 1. The van der Waals surface area contributed by atoms with Crippen LogP contribution < -0.4 is 11.1 Å². The maximum atomic E-state index is 11.7. The topological polar surface area (TPSA) is 112 Å². The number of rotatable bonds is 9. The molecule has 0 fully saturated rings. The van der Waals surface area contributed by atoms with Crippen LogP contribution in [0.15, 0.2) is 5.16 Å². The molecule has 0 bridgehead atoms. The third-order valence-corrected chi connectivity index (χ3v) is 2.57. The molecule has 0 spiro atoms. The number of carbonyl (C=O) groups excluding carboxylic acids is 2. The fraction of sp³-hybridized carbons (Fsp3) is 0.750. The second-order valence-electron chi connectivity index (χ2n) is 4.41. The molecule has 0 aliphatic rings. The minimum absolute atomic E-state index is 0.0423. The van der Waals surface area contributed by atoms with E-state index in [1.54, 1.807) is 6.92 Å². The number of carbonyl (C=O) groups is 2. The van der Waals surface area contributed by atoms with E-state index in [1.807, 2.05) is 6.92 Å². The molecule has 0 aromatic rings. The van der Waals surface area contributed by atoms with Crippen molar-refractivity contribution < 1.29 is 23.9 Å². The van der Waals surface area contributed by atoms with Crippen molar-refractivity contribution in [1.82, 2.24) is 5.32 Å². The number of nitrogens with two attached hydrogens (primary N) is 1. The molecule has 0 saturated carbocycles. The Morgan fingerprint density at radius 1 is 1.35 bits per heavy atom. The molecule has 116 valence electrons. The highest BCUT2D eigenvalue weighted by Crippen LogP contribution is 2.13. The van der Waals surface area contributed by atoms with E-state index in [0.717, 1.165) is 6.42 Å². The fourth-order valence-corrected chi connectivity index (χ4v) is 1.56. The Kier molecular flexibility index (Phi) is 8.49. The summed E-state index contributed by atoms with van der Waals surface area (Å²) in [5, 5.41) is 6.39. The van der Waals surface area contributed by atoms with E-state index in [-0.39, 0.29) is 25.0 Å². The average Bonchev–Trinajstić information content (AvgIpc) is 2.42. The molecule has 8 nitrogen and oxygen atoms in total. The summed E-state index contributed by atoms with van der Waals surface area (Å²) < 4.78 is 9.31. The first-order valence-corrected chi connectivity index (χ1v) is 6.24. The zero-order valence-corrected chi connectivity index (χ0v) is 12.4. The van der Waals surface area contributed by atoms with Gasteiger partial charge >= 0.3 is 11.9 Å². The Hall–Kier alpha value is -1.67. The van der Waals surface area contributed by atoms with Crippen molar-refractivity contribution in [1.29, 1.82) is 0 Å². The van der Waals surface area contributed by atoms with Gasteiger partial charge in [-0.15, -0.1) is 0 Å². The molecule has 0 aromatic heterocycles. The fourth-order valence-electron chi connectivity index (χ4n) is 1.56. The van der Waals surface area contributed by atoms with Crippen LogP contribution >= 0.6 is 0 Å². The number of esters is 1. The lowest BCUT2D eigenvalue weighted by Gasteiger charge is -2.27. The molecule has 0 radical (unpaired) electrons. The highest BCUT2D eigenvalue weighted by molar-refractivity contribution is 5.85. The number of ether oxygens (including phenoxy) is 2. The molecular weight excluding hydrogens is 266 g/mol. The van der Waals surface area contributed by atoms with Crippen LogP contribution in [0.25, 0.3) is 0 Å². The minimum Gasteiger partial charge on any atom is -0.468 e. The van der Waals surface area contributed by atoms with Crippen LogP contribution in [0, 0.1) is 0 Å². The maximum absolute atomic E-state index is 11.7. The largest absolute Gasteiger partial charge is 0.468 e. The van der Waals surface area contributed by atoms with Crippen molar-refractivity contribution in [3.63, 3.8) is 0 Å². The van der Waals surface area contributed by atoms with Crippen molar-refractivity contribution in [2.75, 3.05) is 27.4 Å². The van der Waals surface area contributed by atoms with Crippen molar-refractivity contribution in [3.8, 4) is 0 Å². The second-order valence-corrected chi connectivity index (χ2v) is 4.41. The van der Waals surface area contributed by atoms with Crippen molar-refractivity contribution in [3.05, 3.63) is 0 Å². The number of hydrogen-bond acceptors (Lipinski definition) is 7. The van der Waals surface area contributed by atoms with Crippen LogP contribution in [0.3, 0.4) is 0 Å². The minimum atomic E-state index is -0.861. The third kappa shape index (κ3) is 6.48. The first-order chi connectivity index (χ1) is 9.39. The predicted molar refractivity (Wildman–Crippen MR) is 72.9 cm³/mol. The van der Waals surface area contributed by atoms with Gasteiger partial charge in [-0.1, -0.05) is 18.5 Å². The number of amidine groups is 1. The van der Waals surface area contributed by atoms with Crippen LogP contribution in [-0.4, -0.2) is 50.7 Å². The molecule has 20 heavy (non-hydrogen) atoms. The quantitative estimate of drug-likeness (QED) is 0.198. The van der Waals surface area contributed by atoms with Gasteiger partial charge in [-0.05, 0) is 13.3 Å². The van der Waals surface area contributed by atoms with Crippen LogP contribution in [0.5, 0.6) is 0 Å². The standard InChI is InChI=1S/C12H23N3O5/c1-5-6-12(2,11(17)19-4)14-7-9(13)15-20-10(16)8-18-3/h14H,5-8H2,1-4H3,(H2,13,15). The SMILES string of the molecule is CCCC(C)(NCC(N)=NOC(=O)COC)C(=O)OC. The first kappa shape index (κ1) is 18.3. The Bertz CT molecular complexity index is 359. The van der Waals surface area contributed by atoms with Crippen molar-refractivity contribution in [2.45, 2.75) is 32.2 Å². The molecule has 1 atom stereocenters. The highest BCUT2D eigenvalue weighted by Gasteiger charge is 2.32. The van der Waals surface area contributed by atoms with Gasteiger partial charge in [-0.2, -0.15) is 0 Å². The Morgan fingerprint density at radius 2 is 2.00 bits per heavy atom. The zero-order valence-electron chi connectivity index (χ0n) is 12.4. The summed E-state index contributed by atoms with van der Waals surface area (Å²) in [5.41, 5.74) is 4.72. The van der Waals surface area contributed by atoms with E-state index in [9.17, 15) is 9.59 Å². The van der Waals surface area contributed by atoms with Crippen LogP contribution in [0.2, 0.25) is 0 Å². The van der Waals surface area contributed by atoms with Gasteiger partial charge in [0.05, 0.1) is 13.7 Å². The van der Waals surface area contributed by atoms with Gasteiger partial charge in [0, 0.05) is 7.11 Å². The van der Waals surface area contributed by atoms with Gasteiger partial charge in [0.15, 0.2) is 5.84 Å². The van der Waals surface area contributed by atoms with E-state index < -0.39 is 11.5 Å². The van der Waals surface area contributed by atoms with E-state index in [4.69, 9.17) is 10.5 Å². The van der Waals surface area contributed by atoms with Crippen molar-refractivity contribution >= 4 is 17.8 Å². The normalized spacial score (nSPS) is 14.5. The predicted octanol–water partition coefficient (Wildman–Crippen LogP) is -0.230. The smallest absolute Gasteiger partial charge is 0.360 e. The molecule has 0 heterocycles. The van der Waals surface area contributed by atoms with Gasteiger partial charge < -0.3 is 20.0 Å². The second kappa shape index (κ2) is 9.27. The van der Waals surface area contributed by atoms with Crippen LogP contribution in [0.1, 0.15) is 26.7 Å². The van der Waals surface area contributed by atoms with Gasteiger partial charge in [-0.25, -0.2) is 4.79 Å². The Morgan fingerprint density at radius 3 is 2.50 bits per heavy atom. The highest BCUT2D eigenvalue weighted by atomic mass is 16.7. The van der Waals surface area contributed by atoms with Crippen LogP contribution in [-0.2, 0) is 23.9 Å². The third-order valence-electron chi connectivity index (χ3n) is 2.57. The number of oxime groups is 1. The first-order valence-electron chi connectivity index (χ1n) is 6.24. The number of methoxy groups -OCH3 is 2. The summed E-state index contributed by atoms with van der Waals surface area (Å²) in [5.74, 6) is -0.996. The monoisotopic (exact) mass is 289 g/mol. The summed E-state index contributed by atoms with van der Waals surface area (Å²) in [4.78, 5) is 27.2. The molecule has 1 unspecified atom stereocenters. The average molecular weight is 289 g/mol. The summed E-state index contributed by atoms with van der Waals surface area (Å²) in [6, 6.07) is 0.